The normalized spacial score (nSPS) is 11.0. The van der Waals surface area contributed by atoms with E-state index in [4.69, 9.17) is 0 Å². The van der Waals surface area contributed by atoms with Gasteiger partial charge in [-0.25, -0.2) is 0 Å². The second-order valence-corrected chi connectivity index (χ2v) is 6.30. The fourth-order valence-electron chi connectivity index (χ4n) is 1.06. The highest BCUT2D eigenvalue weighted by atomic mass is 79.9. The fourth-order valence-corrected chi connectivity index (χ4v) is 2.96. The Labute approximate surface area is 110 Å². The van der Waals surface area contributed by atoms with Crippen molar-refractivity contribution in [2.75, 3.05) is 5.32 Å². The first-order valence-corrected chi connectivity index (χ1v) is 7.21. The number of anilines is 1. The topological polar surface area (TPSA) is 50.7 Å². The van der Waals surface area contributed by atoms with Crippen LogP contribution in [0.3, 0.4) is 0 Å². The first-order chi connectivity index (χ1) is 7.66. The molecule has 2 heterocycles. The Kier molecular flexibility index (Phi) is 3.88. The molecule has 4 nitrogen and oxygen atoms in total. The summed E-state index contributed by atoms with van der Waals surface area (Å²) in [5.41, 5.74) is 0. The average Bonchev–Trinajstić information content (AvgIpc) is 2.83. The molecule has 0 amide bonds. The zero-order valence-electron chi connectivity index (χ0n) is 8.90. The van der Waals surface area contributed by atoms with Gasteiger partial charge in [0.2, 0.25) is 5.13 Å². The van der Waals surface area contributed by atoms with E-state index >= 15 is 0 Å². The van der Waals surface area contributed by atoms with Crippen LogP contribution in [0.2, 0.25) is 0 Å². The third-order valence-electron chi connectivity index (χ3n) is 1.93. The molecule has 0 bridgehead atoms. The first-order valence-electron chi connectivity index (χ1n) is 4.83. The van der Waals surface area contributed by atoms with Crippen molar-refractivity contribution in [1.29, 1.82) is 0 Å². The second kappa shape index (κ2) is 5.20. The van der Waals surface area contributed by atoms with Crippen LogP contribution in [0.1, 0.15) is 29.7 Å². The van der Waals surface area contributed by atoms with E-state index in [1.807, 2.05) is 0 Å². The summed E-state index contributed by atoms with van der Waals surface area (Å²) in [4.78, 5) is 1.17. The van der Waals surface area contributed by atoms with Gasteiger partial charge in [0.15, 0.2) is 0 Å². The molecule has 0 unspecified atom stereocenters. The van der Waals surface area contributed by atoms with E-state index in [1.165, 1.54) is 16.4 Å². The molecule has 86 valence electrons. The lowest BCUT2D eigenvalue weighted by Crippen LogP contribution is -1.97. The predicted octanol–water partition coefficient (Wildman–Crippen LogP) is 3.49. The Bertz CT molecular complexity index is 466. The lowest BCUT2D eigenvalue weighted by molar-refractivity contribution is 0.824. The van der Waals surface area contributed by atoms with Gasteiger partial charge in [0.1, 0.15) is 5.01 Å². The zero-order chi connectivity index (χ0) is 11.5. The van der Waals surface area contributed by atoms with Crippen molar-refractivity contribution in [2.24, 2.45) is 0 Å². The van der Waals surface area contributed by atoms with Gasteiger partial charge in [0.05, 0.1) is 22.1 Å². The van der Waals surface area contributed by atoms with Gasteiger partial charge in [-0.15, -0.1) is 10.2 Å². The number of halogens is 1. The minimum atomic E-state index is 0.434. The van der Waals surface area contributed by atoms with Crippen LogP contribution in [0, 0.1) is 0 Å². The van der Waals surface area contributed by atoms with E-state index in [2.05, 4.69) is 49.7 Å². The number of hydrogen-bond acceptors (Lipinski definition) is 6. The van der Waals surface area contributed by atoms with Crippen LogP contribution in [-0.2, 0) is 6.54 Å². The highest BCUT2D eigenvalue weighted by Gasteiger charge is 2.08. The van der Waals surface area contributed by atoms with Gasteiger partial charge >= 0.3 is 0 Å². The smallest absolute Gasteiger partial charge is 0.205 e. The lowest BCUT2D eigenvalue weighted by atomic mass is 10.2. The Morgan fingerprint density at radius 1 is 1.44 bits per heavy atom. The van der Waals surface area contributed by atoms with E-state index in [1.54, 1.807) is 17.5 Å². The minimum Gasteiger partial charge on any atom is -0.355 e. The average molecular weight is 319 g/mol. The zero-order valence-corrected chi connectivity index (χ0v) is 12.1. The molecule has 0 aliphatic rings. The molecule has 1 N–H and O–H groups in total. The monoisotopic (exact) mass is 318 g/mol. The van der Waals surface area contributed by atoms with E-state index < -0.39 is 0 Å². The van der Waals surface area contributed by atoms with Crippen molar-refractivity contribution in [3.8, 4) is 0 Å². The number of nitrogens with zero attached hydrogens (tertiary/aromatic N) is 3. The molecular weight excluding hydrogens is 308 g/mol. The van der Waals surface area contributed by atoms with Crippen LogP contribution in [0.4, 0.5) is 5.13 Å². The van der Waals surface area contributed by atoms with Crippen LogP contribution in [-0.4, -0.2) is 14.6 Å². The van der Waals surface area contributed by atoms with Crippen LogP contribution in [0.25, 0.3) is 0 Å². The van der Waals surface area contributed by atoms with Crippen molar-refractivity contribution >= 4 is 43.9 Å². The maximum absolute atomic E-state index is 4.12. The molecule has 7 heteroatoms. The van der Waals surface area contributed by atoms with Gasteiger partial charge in [-0.05, 0) is 27.5 Å². The molecule has 2 aromatic heterocycles. The van der Waals surface area contributed by atoms with Crippen LogP contribution in [0.15, 0.2) is 10.7 Å². The lowest BCUT2D eigenvalue weighted by Gasteiger charge is -1.98. The van der Waals surface area contributed by atoms with Crippen LogP contribution < -0.4 is 5.32 Å². The third kappa shape index (κ3) is 2.78. The van der Waals surface area contributed by atoms with Crippen molar-refractivity contribution in [3.05, 3.63) is 20.6 Å². The SMILES string of the molecule is CC(C)c1nnc(NCc2sncc2Br)s1. The van der Waals surface area contributed by atoms with Gasteiger partial charge < -0.3 is 5.32 Å². The molecule has 0 aromatic carbocycles. The van der Waals surface area contributed by atoms with Gasteiger partial charge in [0, 0.05) is 5.92 Å². The quantitative estimate of drug-likeness (QED) is 0.937. The fraction of sp³-hybridized carbons (Fsp3) is 0.444. The summed E-state index contributed by atoms with van der Waals surface area (Å²) in [6, 6.07) is 0. The molecule has 2 rings (SSSR count). The Hall–Kier alpha value is -0.530. The van der Waals surface area contributed by atoms with E-state index in [0.29, 0.717) is 5.92 Å². The minimum absolute atomic E-state index is 0.434. The van der Waals surface area contributed by atoms with Gasteiger partial charge in [-0.1, -0.05) is 25.2 Å². The van der Waals surface area contributed by atoms with Crippen molar-refractivity contribution in [1.82, 2.24) is 14.6 Å². The molecule has 0 atom stereocenters. The Morgan fingerprint density at radius 2 is 2.25 bits per heavy atom. The Balaban J connectivity index is 1.97. The van der Waals surface area contributed by atoms with E-state index in [0.717, 1.165) is 21.2 Å². The summed E-state index contributed by atoms with van der Waals surface area (Å²) in [6.07, 6.45) is 1.81. The van der Waals surface area contributed by atoms with Crippen LogP contribution >= 0.6 is 38.8 Å². The highest BCUT2D eigenvalue weighted by molar-refractivity contribution is 9.10. The molecule has 2 aromatic rings. The molecular formula is C9H11BrN4S2. The maximum Gasteiger partial charge on any atom is 0.205 e. The molecule has 0 fully saturated rings. The summed E-state index contributed by atoms with van der Waals surface area (Å²) in [5.74, 6) is 0.434. The molecule has 0 spiro atoms. The number of rotatable bonds is 4. The summed E-state index contributed by atoms with van der Waals surface area (Å²) in [5, 5.41) is 13.4. The molecule has 0 saturated heterocycles. The summed E-state index contributed by atoms with van der Waals surface area (Å²) in [7, 11) is 0. The largest absolute Gasteiger partial charge is 0.355 e. The first kappa shape index (κ1) is 11.9. The number of aromatic nitrogens is 3. The summed E-state index contributed by atoms with van der Waals surface area (Å²) < 4.78 is 5.13. The summed E-state index contributed by atoms with van der Waals surface area (Å²) in [6.45, 7) is 4.96. The van der Waals surface area contributed by atoms with Gasteiger partial charge in [-0.3, -0.25) is 0 Å². The van der Waals surface area contributed by atoms with Gasteiger partial charge in [0.25, 0.3) is 0 Å². The standard InChI is InChI=1S/C9H11BrN4S2/c1-5(2)8-13-14-9(15-8)11-4-7-6(10)3-12-16-7/h3,5H,4H2,1-2H3,(H,11,14). The van der Waals surface area contributed by atoms with Crippen molar-refractivity contribution in [3.63, 3.8) is 0 Å². The number of hydrogen-bond donors (Lipinski definition) is 1. The molecule has 0 radical (unpaired) electrons. The molecule has 0 saturated carbocycles. The molecule has 0 aliphatic heterocycles. The molecule has 0 aliphatic carbocycles. The van der Waals surface area contributed by atoms with E-state index in [9.17, 15) is 0 Å². The third-order valence-corrected chi connectivity index (χ3v) is 4.85. The van der Waals surface area contributed by atoms with Crippen molar-refractivity contribution < 1.29 is 0 Å². The summed E-state index contributed by atoms with van der Waals surface area (Å²) >= 11 is 6.53. The van der Waals surface area contributed by atoms with Gasteiger partial charge in [-0.2, -0.15) is 4.37 Å². The highest BCUT2D eigenvalue weighted by Crippen LogP contribution is 2.25. The number of nitrogens with one attached hydrogen (secondary N) is 1. The second-order valence-electron chi connectivity index (χ2n) is 3.55. The predicted molar refractivity (Wildman–Crippen MR) is 71.1 cm³/mol. The molecule has 16 heavy (non-hydrogen) atoms. The Morgan fingerprint density at radius 3 is 2.81 bits per heavy atom. The van der Waals surface area contributed by atoms with E-state index in [-0.39, 0.29) is 0 Å². The van der Waals surface area contributed by atoms with Crippen LogP contribution in [0.5, 0.6) is 0 Å². The maximum atomic E-state index is 4.12. The van der Waals surface area contributed by atoms with Crippen molar-refractivity contribution in [2.45, 2.75) is 26.3 Å².